The van der Waals surface area contributed by atoms with Crippen molar-refractivity contribution in [2.45, 2.75) is 6.04 Å². The highest BCUT2D eigenvalue weighted by atomic mass is 79.9. The Morgan fingerprint density at radius 3 is 2.88 bits per heavy atom. The number of aromatic nitrogens is 2. The van der Waals surface area contributed by atoms with Crippen LogP contribution in [0, 0.1) is 10.1 Å². The van der Waals surface area contributed by atoms with E-state index in [2.05, 4.69) is 21.0 Å². The summed E-state index contributed by atoms with van der Waals surface area (Å²) in [5.41, 5.74) is 0. The van der Waals surface area contributed by atoms with Gasteiger partial charge in [-0.25, -0.2) is 4.79 Å². The first kappa shape index (κ1) is 12.6. The lowest BCUT2D eigenvalue weighted by Crippen LogP contribution is -2.24. The quantitative estimate of drug-likeness (QED) is 0.636. The maximum absolute atomic E-state index is 10.9. The van der Waals surface area contributed by atoms with Crippen molar-refractivity contribution in [1.82, 2.24) is 9.78 Å². The van der Waals surface area contributed by atoms with Gasteiger partial charge in [-0.3, -0.25) is 0 Å². The van der Waals surface area contributed by atoms with Gasteiger partial charge in [-0.1, -0.05) is 0 Å². The molecule has 9 heteroatoms. The molecule has 0 spiro atoms. The number of hydrogen-bond acceptors (Lipinski definition) is 5. The van der Waals surface area contributed by atoms with Crippen molar-refractivity contribution in [1.29, 1.82) is 0 Å². The summed E-state index contributed by atoms with van der Waals surface area (Å²) in [4.78, 5) is 20.7. The van der Waals surface area contributed by atoms with Crippen molar-refractivity contribution in [2.24, 2.45) is 0 Å². The lowest BCUT2D eigenvalue weighted by atomic mass is 10.3. The molecule has 0 radical (unpaired) electrons. The molecular formula is C7H8BrN3O5. The van der Waals surface area contributed by atoms with Crippen molar-refractivity contribution in [3.8, 4) is 0 Å². The summed E-state index contributed by atoms with van der Waals surface area (Å²) in [7, 11) is 1.34. The minimum atomic E-state index is -1.17. The molecule has 1 unspecified atom stereocenters. The summed E-state index contributed by atoms with van der Waals surface area (Å²) in [6.45, 7) is -0.124. The summed E-state index contributed by atoms with van der Waals surface area (Å²) >= 11 is 2.93. The Hall–Kier alpha value is -1.48. The average Bonchev–Trinajstić information content (AvgIpc) is 2.56. The van der Waals surface area contributed by atoms with E-state index in [1.54, 1.807) is 0 Å². The monoisotopic (exact) mass is 293 g/mol. The summed E-state index contributed by atoms with van der Waals surface area (Å²) in [5.74, 6) is -1.60. The van der Waals surface area contributed by atoms with E-state index in [1.165, 1.54) is 13.3 Å². The number of rotatable bonds is 5. The molecule has 1 atom stereocenters. The predicted molar refractivity (Wildman–Crippen MR) is 55.1 cm³/mol. The fourth-order valence-corrected chi connectivity index (χ4v) is 1.50. The summed E-state index contributed by atoms with van der Waals surface area (Å²) in [5, 5.41) is 22.9. The molecule has 88 valence electrons. The minimum Gasteiger partial charge on any atom is -0.480 e. The number of halogens is 1. The van der Waals surface area contributed by atoms with Crippen LogP contribution in [0.1, 0.15) is 6.04 Å². The topological polar surface area (TPSA) is 107 Å². The van der Waals surface area contributed by atoms with Crippen LogP contribution in [0.3, 0.4) is 0 Å². The summed E-state index contributed by atoms with van der Waals surface area (Å²) in [6.07, 6.45) is 1.23. The Morgan fingerprint density at radius 1 is 1.88 bits per heavy atom. The Kier molecular flexibility index (Phi) is 3.96. The highest BCUT2D eigenvalue weighted by Crippen LogP contribution is 2.24. The van der Waals surface area contributed by atoms with Gasteiger partial charge in [0.1, 0.15) is 4.47 Å². The molecule has 0 saturated carbocycles. The first-order chi connectivity index (χ1) is 7.47. The van der Waals surface area contributed by atoms with Crippen LogP contribution in [-0.4, -0.2) is 39.5 Å². The van der Waals surface area contributed by atoms with Gasteiger partial charge in [0.15, 0.2) is 6.04 Å². The lowest BCUT2D eigenvalue weighted by molar-refractivity contribution is -0.390. The van der Waals surface area contributed by atoms with E-state index in [0.29, 0.717) is 0 Å². The third-order valence-corrected chi connectivity index (χ3v) is 2.33. The van der Waals surface area contributed by atoms with Crippen LogP contribution in [-0.2, 0) is 9.53 Å². The van der Waals surface area contributed by atoms with Crippen molar-refractivity contribution < 1.29 is 19.6 Å². The van der Waals surface area contributed by atoms with Crippen LogP contribution in [0.15, 0.2) is 10.7 Å². The summed E-state index contributed by atoms with van der Waals surface area (Å²) in [6, 6.07) is -1.09. The van der Waals surface area contributed by atoms with Gasteiger partial charge < -0.3 is 20.0 Å². The van der Waals surface area contributed by atoms with Crippen molar-refractivity contribution in [2.75, 3.05) is 13.7 Å². The zero-order chi connectivity index (χ0) is 12.3. The molecule has 0 aliphatic heterocycles. The zero-order valence-corrected chi connectivity index (χ0v) is 9.75. The second-order valence-corrected chi connectivity index (χ2v) is 3.70. The van der Waals surface area contributed by atoms with Gasteiger partial charge in [0.2, 0.25) is 0 Å². The molecule has 0 aromatic carbocycles. The molecule has 0 aliphatic rings. The molecule has 1 aromatic rings. The standard InChI is InChI=1S/C7H8BrN3O5/c1-16-3-5(7(12)13)10-2-4(8)6(9-10)11(14)15/h2,5H,3H2,1H3,(H,12,13). The largest absolute Gasteiger partial charge is 0.480 e. The number of methoxy groups -OCH3 is 1. The van der Waals surface area contributed by atoms with Gasteiger partial charge in [-0.05, 0) is 20.9 Å². The zero-order valence-electron chi connectivity index (χ0n) is 8.16. The Bertz CT molecular complexity index is 418. The first-order valence-corrected chi connectivity index (χ1v) is 4.87. The minimum absolute atomic E-state index is 0.124. The smallest absolute Gasteiger partial charge is 0.404 e. The van der Waals surface area contributed by atoms with Gasteiger partial charge >= 0.3 is 11.8 Å². The molecule has 1 rings (SSSR count). The van der Waals surface area contributed by atoms with Gasteiger partial charge in [0.25, 0.3) is 0 Å². The number of ether oxygens (including phenoxy) is 1. The highest BCUT2D eigenvalue weighted by molar-refractivity contribution is 9.10. The second kappa shape index (κ2) is 5.03. The van der Waals surface area contributed by atoms with Crippen LogP contribution < -0.4 is 0 Å². The van der Waals surface area contributed by atoms with Crippen LogP contribution in [0.5, 0.6) is 0 Å². The molecule has 0 aliphatic carbocycles. The van der Waals surface area contributed by atoms with Gasteiger partial charge in [0, 0.05) is 7.11 Å². The Morgan fingerprint density at radius 2 is 2.50 bits per heavy atom. The fourth-order valence-electron chi connectivity index (χ4n) is 1.06. The molecule has 0 amide bonds. The first-order valence-electron chi connectivity index (χ1n) is 4.08. The lowest BCUT2D eigenvalue weighted by Gasteiger charge is -2.07. The number of carbonyl (C=O) groups is 1. The van der Waals surface area contributed by atoms with Crippen LogP contribution in [0.4, 0.5) is 5.82 Å². The Balaban J connectivity index is 3.06. The fraction of sp³-hybridized carbons (Fsp3) is 0.429. The molecule has 16 heavy (non-hydrogen) atoms. The SMILES string of the molecule is COCC(C(=O)O)n1cc(Br)c([N+](=O)[O-])n1. The third-order valence-electron chi connectivity index (χ3n) is 1.77. The van der Waals surface area contributed by atoms with E-state index in [0.717, 1.165) is 4.68 Å². The van der Waals surface area contributed by atoms with Crippen LogP contribution >= 0.6 is 15.9 Å². The molecule has 1 aromatic heterocycles. The van der Waals surface area contributed by atoms with Crippen molar-refractivity contribution in [3.05, 3.63) is 20.8 Å². The van der Waals surface area contributed by atoms with Gasteiger partial charge in [0.05, 0.1) is 17.9 Å². The van der Waals surface area contributed by atoms with Gasteiger partial charge in [-0.15, -0.1) is 0 Å². The number of hydrogen-bond donors (Lipinski definition) is 1. The molecule has 8 nitrogen and oxygen atoms in total. The number of carboxylic acid groups (broad SMARTS) is 1. The number of nitro groups is 1. The number of nitrogens with zero attached hydrogens (tertiary/aromatic N) is 3. The molecule has 0 bridgehead atoms. The van der Waals surface area contributed by atoms with Crippen molar-refractivity contribution in [3.63, 3.8) is 0 Å². The average molecular weight is 294 g/mol. The number of aliphatic carboxylic acids is 1. The normalized spacial score (nSPS) is 12.4. The van der Waals surface area contributed by atoms with Gasteiger partial charge in [-0.2, -0.15) is 4.68 Å². The van der Waals surface area contributed by atoms with E-state index in [-0.39, 0.29) is 11.1 Å². The molecule has 0 saturated heterocycles. The van der Waals surface area contributed by atoms with E-state index < -0.39 is 22.8 Å². The third kappa shape index (κ3) is 2.55. The molecular weight excluding hydrogens is 286 g/mol. The van der Waals surface area contributed by atoms with Crippen LogP contribution in [0.2, 0.25) is 0 Å². The summed E-state index contributed by atoms with van der Waals surface area (Å²) < 4.78 is 5.81. The van der Waals surface area contributed by atoms with Crippen molar-refractivity contribution >= 4 is 27.7 Å². The van der Waals surface area contributed by atoms with E-state index in [9.17, 15) is 14.9 Å². The maximum Gasteiger partial charge on any atom is 0.404 e. The van der Waals surface area contributed by atoms with E-state index in [4.69, 9.17) is 9.84 Å². The molecule has 1 heterocycles. The number of carboxylic acids is 1. The highest BCUT2D eigenvalue weighted by Gasteiger charge is 2.28. The van der Waals surface area contributed by atoms with Crippen LogP contribution in [0.25, 0.3) is 0 Å². The second-order valence-electron chi connectivity index (χ2n) is 2.85. The van der Waals surface area contributed by atoms with E-state index in [1.807, 2.05) is 0 Å². The Labute approximate surface area is 98.1 Å². The predicted octanol–water partition coefficient (Wildman–Crippen LogP) is 0.826. The maximum atomic E-state index is 10.9. The van der Waals surface area contributed by atoms with E-state index >= 15 is 0 Å². The molecule has 0 fully saturated rings. The molecule has 1 N–H and O–H groups in total.